The summed E-state index contributed by atoms with van der Waals surface area (Å²) in [6.45, 7) is 15.4. The molecule has 0 N–H and O–H groups in total. The fraction of sp³-hybridized carbons (Fsp3) is 0.620. The molecule has 1 aliphatic heterocycles. The van der Waals surface area contributed by atoms with E-state index in [1.54, 1.807) is 11.1 Å². The highest BCUT2D eigenvalue weighted by atomic mass is 15.1. The summed E-state index contributed by atoms with van der Waals surface area (Å²) in [6, 6.07) is 18.4. The van der Waals surface area contributed by atoms with E-state index in [1.165, 1.54) is 157 Å². The number of nitrogens with zero attached hydrogens (tertiary/aromatic N) is 1. The van der Waals surface area contributed by atoms with Crippen LogP contribution in [0.5, 0.6) is 0 Å². The monoisotopic (exact) mass is 691 g/mol. The van der Waals surface area contributed by atoms with Crippen LogP contribution < -0.4 is 0 Å². The van der Waals surface area contributed by atoms with Gasteiger partial charge in [-0.3, -0.25) is 0 Å². The molecule has 1 aliphatic carbocycles. The number of benzene rings is 2. The number of rotatable bonds is 25. The molecule has 1 nitrogen and oxygen atoms in total. The number of hydrogen-bond donors (Lipinski definition) is 0. The van der Waals surface area contributed by atoms with Gasteiger partial charge in [0.05, 0.1) is 5.41 Å². The molecule has 0 amide bonds. The van der Waals surface area contributed by atoms with E-state index in [-0.39, 0.29) is 10.8 Å². The third-order valence-corrected chi connectivity index (χ3v) is 12.2. The van der Waals surface area contributed by atoms with Crippen LogP contribution in [0.3, 0.4) is 0 Å². The zero-order valence-corrected chi connectivity index (χ0v) is 34.1. The minimum atomic E-state index is 0.00707. The maximum atomic E-state index is 2.63. The Morgan fingerprint density at radius 1 is 0.529 bits per heavy atom. The summed E-state index contributed by atoms with van der Waals surface area (Å²) in [6.07, 6.45) is 40.8. The molecule has 51 heavy (non-hydrogen) atoms. The van der Waals surface area contributed by atoms with Crippen molar-refractivity contribution in [3.63, 3.8) is 0 Å². The predicted octanol–water partition coefficient (Wildman–Crippen LogP) is 15.4. The second kappa shape index (κ2) is 21.8. The molecule has 0 spiro atoms. The summed E-state index contributed by atoms with van der Waals surface area (Å²) >= 11 is 0. The number of fused-ring (bicyclic) bond motifs is 2. The van der Waals surface area contributed by atoms with Gasteiger partial charge in [0, 0.05) is 35.5 Å². The molecule has 1 unspecified atom stereocenters. The van der Waals surface area contributed by atoms with Crippen LogP contribution in [0, 0.1) is 0 Å². The van der Waals surface area contributed by atoms with Crippen LogP contribution in [0.15, 0.2) is 84.5 Å². The molecule has 0 fully saturated rings. The lowest BCUT2D eigenvalue weighted by Gasteiger charge is -2.24. The third-order valence-electron chi connectivity index (χ3n) is 12.2. The van der Waals surface area contributed by atoms with Gasteiger partial charge < -0.3 is 0 Å². The summed E-state index contributed by atoms with van der Waals surface area (Å²) in [5, 5.41) is 0. The van der Waals surface area contributed by atoms with E-state index >= 15 is 0 Å². The third kappa shape index (κ3) is 11.7. The fourth-order valence-corrected chi connectivity index (χ4v) is 9.11. The molecule has 1 heteroatoms. The molecule has 0 aromatic heterocycles. The van der Waals surface area contributed by atoms with Gasteiger partial charge in [-0.05, 0) is 37.8 Å². The molecule has 1 heterocycles. The minimum absolute atomic E-state index is 0.00707. The molecule has 4 rings (SSSR count). The molecule has 280 valence electrons. The van der Waals surface area contributed by atoms with Gasteiger partial charge in [0.15, 0.2) is 5.71 Å². The Morgan fingerprint density at radius 3 is 1.65 bits per heavy atom. The highest BCUT2D eigenvalue weighted by Gasteiger charge is 2.44. The maximum absolute atomic E-state index is 2.63. The van der Waals surface area contributed by atoms with E-state index < -0.39 is 0 Å². The average molecular weight is 691 g/mol. The Morgan fingerprint density at radius 2 is 1.04 bits per heavy atom. The Kier molecular flexibility index (Phi) is 17.5. The molecule has 1 atom stereocenters. The van der Waals surface area contributed by atoms with E-state index in [0.29, 0.717) is 5.92 Å². The molecule has 0 radical (unpaired) electrons. The molecule has 2 aliphatic rings. The molecular weight excluding hydrogens is 615 g/mol. The van der Waals surface area contributed by atoms with E-state index in [4.69, 9.17) is 0 Å². The normalized spacial score (nSPS) is 18.5. The van der Waals surface area contributed by atoms with Crippen molar-refractivity contribution < 1.29 is 4.58 Å². The standard InChI is InChI=1S/C50H76N/c1-7-9-11-13-15-17-19-21-23-26-34-42-43-35-29-30-37-45(43)49(3,4)44(42)36-27-25-28-40-48-50(5,6)46-38-31-32-39-47(46)51(48)41-33-24-22-20-18-16-14-12-10-8-2/h25,27-32,35-40,42H,7-24,26,33-34,41H2,1-6H3/q+1. The van der Waals surface area contributed by atoms with Crippen molar-refractivity contribution in [1.82, 2.24) is 0 Å². The van der Waals surface area contributed by atoms with Gasteiger partial charge in [0.25, 0.3) is 0 Å². The molecule has 0 saturated carbocycles. The van der Waals surface area contributed by atoms with Gasteiger partial charge in [-0.2, -0.15) is 4.58 Å². The first-order valence-electron chi connectivity index (χ1n) is 21.7. The van der Waals surface area contributed by atoms with E-state index in [9.17, 15) is 0 Å². The fourth-order valence-electron chi connectivity index (χ4n) is 9.11. The summed E-state index contributed by atoms with van der Waals surface area (Å²) in [4.78, 5) is 0. The topological polar surface area (TPSA) is 3.01 Å². The van der Waals surface area contributed by atoms with E-state index in [2.05, 4.69) is 125 Å². The molecule has 0 bridgehead atoms. The van der Waals surface area contributed by atoms with Crippen LogP contribution in [0.4, 0.5) is 5.69 Å². The van der Waals surface area contributed by atoms with Crippen molar-refractivity contribution in [2.75, 3.05) is 6.54 Å². The van der Waals surface area contributed by atoms with E-state index in [1.807, 2.05) is 0 Å². The first-order chi connectivity index (χ1) is 24.8. The first kappa shape index (κ1) is 41.1. The van der Waals surface area contributed by atoms with Crippen LogP contribution >= 0.6 is 0 Å². The van der Waals surface area contributed by atoms with Crippen LogP contribution in [0.1, 0.15) is 199 Å². The van der Waals surface area contributed by atoms with Crippen molar-refractivity contribution in [3.05, 3.63) is 101 Å². The van der Waals surface area contributed by atoms with Crippen molar-refractivity contribution in [3.8, 4) is 0 Å². The van der Waals surface area contributed by atoms with Crippen molar-refractivity contribution >= 4 is 11.4 Å². The van der Waals surface area contributed by atoms with Crippen LogP contribution in [0.2, 0.25) is 0 Å². The van der Waals surface area contributed by atoms with E-state index in [0.717, 1.165) is 6.54 Å². The van der Waals surface area contributed by atoms with Gasteiger partial charge >= 0.3 is 0 Å². The zero-order valence-electron chi connectivity index (χ0n) is 34.1. The second-order valence-electron chi connectivity index (χ2n) is 17.0. The Labute approximate surface area is 315 Å². The van der Waals surface area contributed by atoms with Crippen LogP contribution in [-0.2, 0) is 10.8 Å². The maximum Gasteiger partial charge on any atom is 0.209 e. The summed E-state index contributed by atoms with van der Waals surface area (Å²) < 4.78 is 2.63. The Bertz CT molecular complexity index is 1430. The van der Waals surface area contributed by atoms with Crippen LogP contribution in [-0.4, -0.2) is 16.8 Å². The van der Waals surface area contributed by atoms with Gasteiger partial charge in [-0.15, -0.1) is 0 Å². The van der Waals surface area contributed by atoms with Gasteiger partial charge in [-0.1, -0.05) is 216 Å². The molecule has 0 saturated heterocycles. The summed E-state index contributed by atoms with van der Waals surface area (Å²) in [7, 11) is 0. The Hall–Kier alpha value is -2.67. The summed E-state index contributed by atoms with van der Waals surface area (Å²) in [5.41, 5.74) is 9.07. The highest BCUT2D eigenvalue weighted by Crippen LogP contribution is 2.52. The SMILES string of the molecule is CCCCCCCCCCCCC1C(=CC=CC=CC2=[N+](CCCCCCCCCCCC)c3ccccc3C2(C)C)C(C)(C)c2ccccc21. The predicted molar refractivity (Wildman–Crippen MR) is 226 cm³/mol. The number of allylic oxidation sites excluding steroid dienone is 6. The quantitative estimate of drug-likeness (QED) is 0.0554. The smallest absolute Gasteiger partial charge is 0.195 e. The molecule has 2 aromatic carbocycles. The van der Waals surface area contributed by atoms with Crippen molar-refractivity contribution in [1.29, 1.82) is 0 Å². The molecule has 2 aromatic rings. The van der Waals surface area contributed by atoms with Crippen molar-refractivity contribution in [2.45, 2.75) is 193 Å². The number of para-hydroxylation sites is 1. The first-order valence-corrected chi connectivity index (χ1v) is 21.7. The zero-order chi connectivity index (χ0) is 36.4. The van der Waals surface area contributed by atoms with Gasteiger partial charge in [-0.25, -0.2) is 0 Å². The lowest BCUT2D eigenvalue weighted by molar-refractivity contribution is -0.438. The number of unbranched alkanes of at least 4 members (excludes halogenated alkanes) is 18. The summed E-state index contributed by atoms with van der Waals surface area (Å²) in [5.74, 6) is 0.535. The number of hydrogen-bond acceptors (Lipinski definition) is 0. The Balaban J connectivity index is 1.37. The molecular formula is C50H76N+. The van der Waals surface area contributed by atoms with Crippen LogP contribution in [0.25, 0.3) is 0 Å². The van der Waals surface area contributed by atoms with Gasteiger partial charge in [0.1, 0.15) is 6.54 Å². The lowest BCUT2D eigenvalue weighted by Crippen LogP contribution is -2.27. The lowest BCUT2D eigenvalue weighted by atomic mass is 9.80. The average Bonchev–Trinajstić information content (AvgIpc) is 3.48. The van der Waals surface area contributed by atoms with Crippen molar-refractivity contribution in [2.24, 2.45) is 0 Å². The second-order valence-corrected chi connectivity index (χ2v) is 17.0. The minimum Gasteiger partial charge on any atom is -0.195 e. The highest BCUT2D eigenvalue weighted by molar-refractivity contribution is 6.03. The van der Waals surface area contributed by atoms with Gasteiger partial charge in [0.2, 0.25) is 5.69 Å². The largest absolute Gasteiger partial charge is 0.209 e.